The van der Waals surface area contributed by atoms with Crippen molar-refractivity contribution < 1.29 is 0 Å². The first-order valence-electron chi connectivity index (χ1n) is 7.81. The van der Waals surface area contributed by atoms with E-state index in [-0.39, 0.29) is 0 Å². The molecule has 2 rings (SSSR count). The van der Waals surface area contributed by atoms with Crippen molar-refractivity contribution in [3.8, 4) is 6.07 Å². The minimum absolute atomic E-state index is 0.418. The number of hydrogen-bond acceptors (Lipinski definition) is 2. The van der Waals surface area contributed by atoms with E-state index in [0.717, 1.165) is 5.56 Å². The Morgan fingerprint density at radius 1 is 1.15 bits per heavy atom. The van der Waals surface area contributed by atoms with Crippen LogP contribution in [-0.4, -0.2) is 24.0 Å². The molecule has 0 N–H and O–H groups in total. The zero-order valence-corrected chi connectivity index (χ0v) is 13.2. The highest BCUT2D eigenvalue weighted by Gasteiger charge is 2.22. The zero-order valence-electron chi connectivity index (χ0n) is 13.2. The van der Waals surface area contributed by atoms with Gasteiger partial charge in [-0.2, -0.15) is 5.26 Å². The fourth-order valence-corrected chi connectivity index (χ4v) is 3.18. The predicted molar refractivity (Wildman–Crippen MR) is 83.9 cm³/mol. The van der Waals surface area contributed by atoms with Gasteiger partial charge in [-0.25, -0.2) is 0 Å². The second kappa shape index (κ2) is 6.41. The summed E-state index contributed by atoms with van der Waals surface area (Å²) >= 11 is 0. The largest absolute Gasteiger partial charge is 0.301 e. The summed E-state index contributed by atoms with van der Waals surface area (Å²) in [7, 11) is 0. The predicted octanol–water partition coefficient (Wildman–Crippen LogP) is 4.27. The maximum atomic E-state index is 9.35. The number of benzene rings is 1. The van der Waals surface area contributed by atoms with Crippen molar-refractivity contribution in [1.29, 1.82) is 5.26 Å². The summed E-state index contributed by atoms with van der Waals surface area (Å²) in [5.41, 5.74) is 3.40. The van der Waals surface area contributed by atoms with Crippen LogP contribution in [0, 0.1) is 11.3 Å². The van der Waals surface area contributed by atoms with E-state index in [9.17, 15) is 5.26 Å². The second-order valence-corrected chi connectivity index (χ2v) is 6.52. The summed E-state index contributed by atoms with van der Waals surface area (Å²) in [5.74, 6) is 1.04. The van der Waals surface area contributed by atoms with Crippen molar-refractivity contribution in [1.82, 2.24) is 4.90 Å². The average molecular weight is 270 g/mol. The van der Waals surface area contributed by atoms with Crippen LogP contribution in [0.3, 0.4) is 0 Å². The second-order valence-electron chi connectivity index (χ2n) is 6.52. The molecule has 0 saturated carbocycles. The lowest BCUT2D eigenvalue weighted by Gasteiger charge is -2.35. The van der Waals surface area contributed by atoms with Gasteiger partial charge in [0.25, 0.3) is 0 Å². The molecule has 0 aliphatic carbocycles. The van der Waals surface area contributed by atoms with Gasteiger partial charge in [0.15, 0.2) is 0 Å². The van der Waals surface area contributed by atoms with Gasteiger partial charge >= 0.3 is 0 Å². The number of rotatable bonds is 3. The molecule has 1 saturated heterocycles. The minimum atomic E-state index is 0.418. The molecule has 1 aliphatic rings. The van der Waals surface area contributed by atoms with Crippen LogP contribution in [0.15, 0.2) is 18.2 Å². The number of nitriles is 1. The van der Waals surface area contributed by atoms with Crippen molar-refractivity contribution in [2.75, 3.05) is 13.1 Å². The van der Waals surface area contributed by atoms with Crippen LogP contribution in [0.1, 0.15) is 69.1 Å². The fourth-order valence-electron chi connectivity index (χ4n) is 3.18. The first-order chi connectivity index (χ1) is 9.52. The molecule has 108 valence electrons. The molecule has 0 radical (unpaired) electrons. The van der Waals surface area contributed by atoms with E-state index in [2.05, 4.69) is 56.9 Å². The molecule has 1 aliphatic heterocycles. The maximum Gasteiger partial charge on any atom is 0.0994 e. The molecule has 1 fully saturated rings. The molecule has 0 aromatic heterocycles. The highest BCUT2D eigenvalue weighted by atomic mass is 15.1. The molecule has 2 heteroatoms. The Kier molecular flexibility index (Phi) is 4.83. The Morgan fingerprint density at radius 2 is 1.80 bits per heavy atom. The number of likely N-dealkylation sites (tertiary alicyclic amines) is 1. The summed E-state index contributed by atoms with van der Waals surface area (Å²) in [6.07, 6.45) is 2.42. The Bertz CT molecular complexity index is 489. The topological polar surface area (TPSA) is 27.0 Å². The molecule has 0 unspecified atom stereocenters. The third-order valence-corrected chi connectivity index (χ3v) is 4.55. The molecule has 1 aromatic rings. The zero-order chi connectivity index (χ0) is 14.7. The summed E-state index contributed by atoms with van der Waals surface area (Å²) < 4.78 is 0. The van der Waals surface area contributed by atoms with E-state index in [1.807, 2.05) is 0 Å². The molecule has 2 nitrogen and oxygen atoms in total. The average Bonchev–Trinajstić information content (AvgIpc) is 2.46. The van der Waals surface area contributed by atoms with Gasteiger partial charge in [-0.1, -0.05) is 26.0 Å². The summed E-state index contributed by atoms with van der Waals surface area (Å²) in [6.45, 7) is 11.2. The third-order valence-electron chi connectivity index (χ3n) is 4.55. The van der Waals surface area contributed by atoms with Gasteiger partial charge in [-0.3, -0.25) is 0 Å². The molecule has 1 heterocycles. The lowest BCUT2D eigenvalue weighted by Crippen LogP contribution is -2.37. The van der Waals surface area contributed by atoms with Crippen LogP contribution >= 0.6 is 0 Å². The Balaban J connectivity index is 2.13. The summed E-state index contributed by atoms with van der Waals surface area (Å²) in [4.78, 5) is 2.55. The molecular formula is C18H26N2. The fraction of sp³-hybridized carbons (Fsp3) is 0.611. The molecular weight excluding hydrogens is 244 g/mol. The van der Waals surface area contributed by atoms with E-state index in [1.165, 1.54) is 37.1 Å². The normalized spacial score (nSPS) is 17.6. The first kappa shape index (κ1) is 15.1. The van der Waals surface area contributed by atoms with Crippen LogP contribution < -0.4 is 0 Å². The van der Waals surface area contributed by atoms with E-state index in [1.54, 1.807) is 0 Å². The van der Waals surface area contributed by atoms with Crippen LogP contribution in [0.2, 0.25) is 0 Å². The Hall–Kier alpha value is -1.33. The van der Waals surface area contributed by atoms with Crippen molar-refractivity contribution >= 4 is 0 Å². The number of nitrogens with zero attached hydrogens (tertiary/aromatic N) is 2. The lowest BCUT2D eigenvalue weighted by molar-refractivity contribution is 0.172. The molecule has 0 bridgehead atoms. The quantitative estimate of drug-likeness (QED) is 0.820. The van der Waals surface area contributed by atoms with Crippen molar-refractivity contribution in [2.24, 2.45) is 0 Å². The van der Waals surface area contributed by atoms with Gasteiger partial charge in [0.1, 0.15) is 0 Å². The van der Waals surface area contributed by atoms with E-state index in [0.29, 0.717) is 17.9 Å². The van der Waals surface area contributed by atoms with Crippen molar-refractivity contribution in [3.63, 3.8) is 0 Å². The first-order valence-corrected chi connectivity index (χ1v) is 7.81. The SMILES string of the molecule is CC(C)c1ccc(C2CCN(C(C)C)CC2)cc1C#N. The Morgan fingerprint density at radius 3 is 2.30 bits per heavy atom. The molecule has 20 heavy (non-hydrogen) atoms. The lowest BCUT2D eigenvalue weighted by atomic mass is 9.86. The van der Waals surface area contributed by atoms with Crippen molar-refractivity contribution in [2.45, 2.75) is 58.4 Å². The highest BCUT2D eigenvalue weighted by Crippen LogP contribution is 2.31. The van der Waals surface area contributed by atoms with Gasteiger partial charge in [-0.05, 0) is 68.8 Å². The van der Waals surface area contributed by atoms with E-state index >= 15 is 0 Å². The van der Waals surface area contributed by atoms with Gasteiger partial charge < -0.3 is 4.90 Å². The van der Waals surface area contributed by atoms with Gasteiger partial charge in [0.05, 0.1) is 11.6 Å². The molecule has 0 spiro atoms. The maximum absolute atomic E-state index is 9.35. The van der Waals surface area contributed by atoms with Gasteiger partial charge in [0.2, 0.25) is 0 Å². The van der Waals surface area contributed by atoms with Gasteiger partial charge in [0, 0.05) is 6.04 Å². The van der Waals surface area contributed by atoms with Gasteiger partial charge in [-0.15, -0.1) is 0 Å². The molecule has 1 aromatic carbocycles. The van der Waals surface area contributed by atoms with Crippen LogP contribution in [0.25, 0.3) is 0 Å². The smallest absolute Gasteiger partial charge is 0.0994 e. The number of piperidine rings is 1. The van der Waals surface area contributed by atoms with Crippen LogP contribution in [0.4, 0.5) is 0 Å². The Labute approximate surface area is 123 Å². The van der Waals surface area contributed by atoms with Crippen molar-refractivity contribution in [3.05, 3.63) is 34.9 Å². The van der Waals surface area contributed by atoms with Crippen LogP contribution in [-0.2, 0) is 0 Å². The third kappa shape index (κ3) is 3.22. The molecule has 0 atom stereocenters. The highest BCUT2D eigenvalue weighted by molar-refractivity contribution is 5.43. The van der Waals surface area contributed by atoms with Crippen LogP contribution in [0.5, 0.6) is 0 Å². The summed E-state index contributed by atoms with van der Waals surface area (Å²) in [5, 5.41) is 9.35. The monoisotopic (exact) mass is 270 g/mol. The summed E-state index contributed by atoms with van der Waals surface area (Å²) in [6, 6.07) is 9.55. The molecule has 0 amide bonds. The minimum Gasteiger partial charge on any atom is -0.301 e. The van der Waals surface area contributed by atoms with E-state index in [4.69, 9.17) is 0 Å². The number of hydrogen-bond donors (Lipinski definition) is 0. The van der Waals surface area contributed by atoms with E-state index < -0.39 is 0 Å². The standard InChI is InChI=1S/C18H26N2/c1-13(2)18-6-5-16(11-17(18)12-19)15-7-9-20(10-8-15)14(3)4/h5-6,11,13-15H,7-10H2,1-4H3.